The van der Waals surface area contributed by atoms with E-state index in [1.54, 1.807) is 30.3 Å². The first-order valence-electron chi connectivity index (χ1n) is 12.9. The molecule has 2 aromatic rings. The lowest BCUT2D eigenvalue weighted by molar-refractivity contribution is -0.143. The molecule has 14 nitrogen and oxygen atoms in total. The van der Waals surface area contributed by atoms with Crippen molar-refractivity contribution in [2.24, 2.45) is 11.5 Å². The molecule has 0 aliphatic rings. The Kier molecular flexibility index (Phi) is 13.3. The molecule has 0 aliphatic carbocycles. The first kappa shape index (κ1) is 31.9. The van der Waals surface area contributed by atoms with Gasteiger partial charge in [0.05, 0.1) is 12.4 Å². The van der Waals surface area contributed by atoms with E-state index in [-0.39, 0.29) is 19.3 Å². The lowest BCUT2D eigenvalue weighted by Gasteiger charge is -2.25. The summed E-state index contributed by atoms with van der Waals surface area (Å²) in [5.41, 5.74) is 12.6. The number of imidazole rings is 1. The Bertz CT molecular complexity index is 1110. The van der Waals surface area contributed by atoms with Crippen molar-refractivity contribution >= 4 is 29.7 Å². The van der Waals surface area contributed by atoms with Crippen molar-refractivity contribution < 1.29 is 34.2 Å². The van der Waals surface area contributed by atoms with Crippen LogP contribution in [0, 0.1) is 0 Å². The summed E-state index contributed by atoms with van der Waals surface area (Å²) in [6.07, 6.45) is 3.67. The van der Waals surface area contributed by atoms with E-state index in [9.17, 15) is 29.1 Å². The summed E-state index contributed by atoms with van der Waals surface area (Å²) < 4.78 is 0. The van der Waals surface area contributed by atoms with Gasteiger partial charge in [-0.1, -0.05) is 36.8 Å². The van der Waals surface area contributed by atoms with Gasteiger partial charge >= 0.3 is 11.9 Å². The third-order valence-electron chi connectivity index (χ3n) is 6.09. The molecule has 0 spiro atoms. The van der Waals surface area contributed by atoms with Crippen LogP contribution in [0.5, 0.6) is 0 Å². The highest BCUT2D eigenvalue weighted by atomic mass is 16.4. The number of carboxylic acids is 2. The molecule has 14 heteroatoms. The van der Waals surface area contributed by atoms with E-state index in [0.29, 0.717) is 37.1 Å². The summed E-state index contributed by atoms with van der Waals surface area (Å²) in [7, 11) is 0. The van der Waals surface area contributed by atoms with Gasteiger partial charge in [0.25, 0.3) is 0 Å². The van der Waals surface area contributed by atoms with Gasteiger partial charge in [0, 0.05) is 31.2 Å². The Morgan fingerprint density at radius 1 is 0.850 bits per heavy atom. The van der Waals surface area contributed by atoms with Crippen LogP contribution < -0.4 is 27.4 Å². The van der Waals surface area contributed by atoms with Crippen molar-refractivity contribution in [1.29, 1.82) is 0 Å². The van der Waals surface area contributed by atoms with Crippen molar-refractivity contribution in [3.05, 3.63) is 54.1 Å². The van der Waals surface area contributed by atoms with Crippen LogP contribution in [0.1, 0.15) is 43.4 Å². The third-order valence-corrected chi connectivity index (χ3v) is 6.09. The summed E-state index contributed by atoms with van der Waals surface area (Å²) in [4.78, 5) is 68.9. The summed E-state index contributed by atoms with van der Waals surface area (Å²) in [6.45, 7) is 0.451. The predicted molar refractivity (Wildman–Crippen MR) is 144 cm³/mol. The van der Waals surface area contributed by atoms with E-state index in [2.05, 4.69) is 25.9 Å². The summed E-state index contributed by atoms with van der Waals surface area (Å²) in [5.74, 6) is -4.75. The maximum absolute atomic E-state index is 13.3. The van der Waals surface area contributed by atoms with Crippen LogP contribution in [-0.2, 0) is 36.8 Å². The largest absolute Gasteiger partial charge is 0.481 e. The van der Waals surface area contributed by atoms with E-state index in [1.807, 2.05) is 0 Å². The van der Waals surface area contributed by atoms with Gasteiger partial charge in [-0.15, -0.1) is 0 Å². The Labute approximate surface area is 231 Å². The van der Waals surface area contributed by atoms with E-state index in [4.69, 9.17) is 16.6 Å². The number of carbonyl (C=O) groups is 5. The molecule has 40 heavy (non-hydrogen) atoms. The SMILES string of the molecule is NCCCCC(N)C(=O)NC(Cc1cnc[nH]1)C(=O)NC(CCC(=O)O)C(=O)NC(Cc1ccccc1)C(=O)O. The fourth-order valence-corrected chi connectivity index (χ4v) is 3.88. The number of H-pyrrole nitrogens is 1. The van der Waals surface area contributed by atoms with E-state index < -0.39 is 60.2 Å². The molecule has 0 aliphatic heterocycles. The third kappa shape index (κ3) is 11.2. The standard InChI is InChI=1S/C26H37N7O7/c27-11-5-4-8-18(28)23(36)32-20(13-17-14-29-15-30-17)25(38)31-19(9-10-22(34)35)24(37)33-21(26(39)40)12-16-6-2-1-3-7-16/h1-3,6-7,14-15,18-21H,4-5,8-13,27-28H2,(H,29,30)(H,31,38)(H,32,36)(H,33,37)(H,34,35)(H,39,40). The zero-order chi connectivity index (χ0) is 29.5. The molecule has 218 valence electrons. The van der Waals surface area contributed by atoms with Crippen LogP contribution in [-0.4, -0.2) is 80.6 Å². The number of aromatic amines is 1. The number of hydrogen-bond acceptors (Lipinski definition) is 8. The molecule has 0 bridgehead atoms. The number of carboxylic acid groups (broad SMARTS) is 2. The van der Waals surface area contributed by atoms with Crippen molar-refractivity contribution in [3.63, 3.8) is 0 Å². The topological polar surface area (TPSA) is 243 Å². The number of hydrogen-bond donors (Lipinski definition) is 8. The summed E-state index contributed by atoms with van der Waals surface area (Å²) in [5, 5.41) is 26.3. The Balaban J connectivity index is 2.18. The molecule has 3 amide bonds. The molecule has 1 aromatic carbocycles. The Morgan fingerprint density at radius 2 is 1.50 bits per heavy atom. The number of nitrogens with zero attached hydrogens (tertiary/aromatic N) is 1. The first-order valence-corrected chi connectivity index (χ1v) is 12.9. The molecule has 10 N–H and O–H groups in total. The van der Waals surface area contributed by atoms with Gasteiger partial charge < -0.3 is 42.6 Å². The van der Waals surface area contributed by atoms with Crippen LogP contribution in [0.25, 0.3) is 0 Å². The highest BCUT2D eigenvalue weighted by molar-refractivity contribution is 5.94. The van der Waals surface area contributed by atoms with Gasteiger partial charge in [0.1, 0.15) is 18.1 Å². The number of carbonyl (C=O) groups excluding carboxylic acids is 3. The monoisotopic (exact) mass is 559 g/mol. The van der Waals surface area contributed by atoms with Crippen LogP contribution >= 0.6 is 0 Å². The van der Waals surface area contributed by atoms with Crippen LogP contribution in [0.4, 0.5) is 0 Å². The molecule has 0 fully saturated rings. The molecular formula is C26H37N7O7. The normalized spacial score (nSPS) is 13.8. The van der Waals surface area contributed by atoms with Gasteiger partial charge in [-0.3, -0.25) is 19.2 Å². The van der Waals surface area contributed by atoms with Crippen molar-refractivity contribution in [2.45, 2.75) is 69.1 Å². The van der Waals surface area contributed by atoms with Gasteiger partial charge in [0.2, 0.25) is 17.7 Å². The van der Waals surface area contributed by atoms with Crippen molar-refractivity contribution in [3.8, 4) is 0 Å². The van der Waals surface area contributed by atoms with Crippen molar-refractivity contribution in [1.82, 2.24) is 25.9 Å². The fraction of sp³-hybridized carbons (Fsp3) is 0.462. The number of rotatable bonds is 18. The highest BCUT2D eigenvalue weighted by Crippen LogP contribution is 2.08. The average molecular weight is 560 g/mol. The van der Waals surface area contributed by atoms with E-state index >= 15 is 0 Å². The minimum atomic E-state index is -1.39. The number of nitrogens with one attached hydrogen (secondary N) is 4. The quantitative estimate of drug-likeness (QED) is 0.104. The maximum Gasteiger partial charge on any atom is 0.326 e. The van der Waals surface area contributed by atoms with E-state index in [1.165, 1.54) is 12.5 Å². The first-order chi connectivity index (χ1) is 19.1. The molecular weight excluding hydrogens is 522 g/mol. The predicted octanol–water partition coefficient (Wildman–Crippen LogP) is -0.945. The number of nitrogens with two attached hydrogens (primary N) is 2. The second kappa shape index (κ2) is 16.6. The zero-order valence-electron chi connectivity index (χ0n) is 22.0. The van der Waals surface area contributed by atoms with Gasteiger partial charge in [-0.25, -0.2) is 9.78 Å². The second-order valence-corrected chi connectivity index (χ2v) is 9.32. The zero-order valence-corrected chi connectivity index (χ0v) is 22.0. The second-order valence-electron chi connectivity index (χ2n) is 9.32. The lowest BCUT2D eigenvalue weighted by Crippen LogP contribution is -2.57. The van der Waals surface area contributed by atoms with Crippen LogP contribution in [0.3, 0.4) is 0 Å². The smallest absolute Gasteiger partial charge is 0.326 e. The molecule has 4 atom stereocenters. The maximum atomic E-state index is 13.3. The summed E-state index contributed by atoms with van der Waals surface area (Å²) in [6, 6.07) is 3.82. The molecule has 2 rings (SSSR count). The van der Waals surface area contributed by atoms with Gasteiger partial charge in [0.15, 0.2) is 0 Å². The van der Waals surface area contributed by atoms with Gasteiger partial charge in [-0.05, 0) is 31.4 Å². The number of amides is 3. The fourth-order valence-electron chi connectivity index (χ4n) is 3.88. The number of unbranched alkanes of at least 4 members (excludes halogenated alkanes) is 1. The van der Waals surface area contributed by atoms with Gasteiger partial charge in [-0.2, -0.15) is 0 Å². The lowest BCUT2D eigenvalue weighted by atomic mass is 10.0. The van der Waals surface area contributed by atoms with E-state index in [0.717, 1.165) is 0 Å². The molecule has 0 radical (unpaired) electrons. The minimum absolute atomic E-state index is 0.0217. The molecule has 1 aromatic heterocycles. The molecule has 1 heterocycles. The Morgan fingerprint density at radius 3 is 2.10 bits per heavy atom. The number of aliphatic carboxylic acids is 2. The minimum Gasteiger partial charge on any atom is -0.481 e. The van der Waals surface area contributed by atoms with Crippen LogP contribution in [0.2, 0.25) is 0 Å². The molecule has 0 saturated carbocycles. The van der Waals surface area contributed by atoms with Crippen LogP contribution in [0.15, 0.2) is 42.9 Å². The summed E-state index contributed by atoms with van der Waals surface area (Å²) >= 11 is 0. The Hall–Kier alpha value is -4.30. The molecule has 4 unspecified atom stereocenters. The average Bonchev–Trinajstić information content (AvgIpc) is 3.43. The van der Waals surface area contributed by atoms with Crippen molar-refractivity contribution in [2.75, 3.05) is 6.54 Å². The number of benzene rings is 1. The highest BCUT2D eigenvalue weighted by Gasteiger charge is 2.31. The number of aromatic nitrogens is 2. The molecule has 0 saturated heterocycles.